The number of carbonyl (C=O) groups is 1. The predicted octanol–water partition coefficient (Wildman–Crippen LogP) is 2.14. The van der Waals surface area contributed by atoms with E-state index in [4.69, 9.17) is 31.2 Å². The van der Waals surface area contributed by atoms with Crippen LogP contribution >= 0.6 is 11.6 Å². The molecule has 1 aliphatic rings. The maximum absolute atomic E-state index is 12.2. The van der Waals surface area contributed by atoms with Crippen molar-refractivity contribution in [2.45, 2.75) is 12.8 Å². The molecule has 110 valence electrons. The Morgan fingerprint density at radius 1 is 1.62 bits per heavy atom. The SMILES string of the molecule is CCOC(=O)C1=C(CCl)OC(N)=C(C#N)[C@H]1c1ccco1. The van der Waals surface area contributed by atoms with Crippen molar-refractivity contribution in [1.82, 2.24) is 0 Å². The van der Waals surface area contributed by atoms with Crippen LogP contribution in [0.25, 0.3) is 0 Å². The molecule has 1 atom stereocenters. The summed E-state index contributed by atoms with van der Waals surface area (Å²) in [6.45, 7) is 1.86. The minimum absolute atomic E-state index is 0.0786. The van der Waals surface area contributed by atoms with E-state index in [9.17, 15) is 10.1 Å². The highest BCUT2D eigenvalue weighted by Gasteiger charge is 2.38. The van der Waals surface area contributed by atoms with Crippen molar-refractivity contribution in [3.63, 3.8) is 0 Å². The lowest BCUT2D eigenvalue weighted by molar-refractivity contribution is -0.139. The number of ether oxygens (including phenoxy) is 2. The Hall–Kier alpha value is -2.39. The highest BCUT2D eigenvalue weighted by molar-refractivity contribution is 6.19. The zero-order valence-electron chi connectivity index (χ0n) is 11.3. The van der Waals surface area contributed by atoms with Crippen LogP contribution in [0.5, 0.6) is 0 Å². The summed E-state index contributed by atoms with van der Waals surface area (Å²) >= 11 is 5.82. The quantitative estimate of drug-likeness (QED) is 0.676. The molecule has 1 aromatic rings. The van der Waals surface area contributed by atoms with Crippen LogP contribution in [0.2, 0.25) is 0 Å². The minimum atomic E-state index is -0.786. The average molecular weight is 309 g/mol. The molecule has 0 fully saturated rings. The monoisotopic (exact) mass is 308 g/mol. The first kappa shape index (κ1) is 15.0. The molecular formula is C14H13ClN2O4. The Kier molecular flexibility index (Phi) is 4.55. The Bertz CT molecular complexity index is 640. The van der Waals surface area contributed by atoms with Gasteiger partial charge in [0.2, 0.25) is 5.88 Å². The number of carbonyl (C=O) groups excluding carboxylic acids is 1. The van der Waals surface area contributed by atoms with Crippen LogP contribution in [0, 0.1) is 11.3 Å². The van der Waals surface area contributed by atoms with E-state index in [1.165, 1.54) is 6.26 Å². The second kappa shape index (κ2) is 6.37. The number of rotatable bonds is 4. The zero-order chi connectivity index (χ0) is 15.4. The van der Waals surface area contributed by atoms with Gasteiger partial charge in [0.1, 0.15) is 23.2 Å². The molecule has 0 saturated carbocycles. The highest BCUT2D eigenvalue weighted by atomic mass is 35.5. The van der Waals surface area contributed by atoms with Crippen molar-refractivity contribution in [3.8, 4) is 6.07 Å². The lowest BCUT2D eigenvalue weighted by Crippen LogP contribution is -2.26. The fourth-order valence-corrected chi connectivity index (χ4v) is 2.29. The summed E-state index contributed by atoms with van der Waals surface area (Å²) in [6, 6.07) is 5.24. The molecule has 0 bridgehead atoms. The van der Waals surface area contributed by atoms with Gasteiger partial charge in [-0.2, -0.15) is 5.26 Å². The van der Waals surface area contributed by atoms with Gasteiger partial charge in [-0.3, -0.25) is 0 Å². The maximum Gasteiger partial charge on any atom is 0.338 e. The first-order valence-electron chi connectivity index (χ1n) is 6.21. The number of hydrogen-bond acceptors (Lipinski definition) is 6. The van der Waals surface area contributed by atoms with E-state index < -0.39 is 11.9 Å². The summed E-state index contributed by atoms with van der Waals surface area (Å²) in [6.07, 6.45) is 1.44. The van der Waals surface area contributed by atoms with Crippen molar-refractivity contribution in [3.05, 3.63) is 46.9 Å². The Balaban J connectivity index is 2.59. The maximum atomic E-state index is 12.2. The molecular weight excluding hydrogens is 296 g/mol. The molecule has 0 radical (unpaired) electrons. The highest BCUT2D eigenvalue weighted by Crippen LogP contribution is 2.40. The van der Waals surface area contributed by atoms with E-state index in [2.05, 4.69) is 0 Å². The summed E-state index contributed by atoms with van der Waals surface area (Å²) in [5, 5.41) is 9.30. The number of furan rings is 1. The van der Waals surface area contributed by atoms with Crippen molar-refractivity contribution in [2.75, 3.05) is 12.5 Å². The van der Waals surface area contributed by atoms with E-state index >= 15 is 0 Å². The van der Waals surface area contributed by atoms with Crippen LogP contribution in [0.1, 0.15) is 18.6 Å². The van der Waals surface area contributed by atoms with Gasteiger partial charge in [0, 0.05) is 0 Å². The number of nitriles is 1. The third kappa shape index (κ3) is 2.73. The number of alkyl halides is 1. The van der Waals surface area contributed by atoms with Gasteiger partial charge in [-0.25, -0.2) is 4.79 Å². The van der Waals surface area contributed by atoms with Crippen LogP contribution in [0.4, 0.5) is 0 Å². The standard InChI is InChI=1S/C14H13ClN2O4/c1-2-19-14(18)12-10(6-15)21-13(17)8(7-16)11(12)9-4-3-5-20-9/h3-5,11H,2,6,17H2,1H3/t11-/m0/s1. The first-order chi connectivity index (χ1) is 10.1. The fraction of sp³-hybridized carbons (Fsp3) is 0.286. The van der Waals surface area contributed by atoms with E-state index in [0.717, 1.165) is 0 Å². The van der Waals surface area contributed by atoms with Crippen molar-refractivity contribution in [2.24, 2.45) is 5.73 Å². The van der Waals surface area contributed by atoms with E-state index in [1.807, 2.05) is 6.07 Å². The van der Waals surface area contributed by atoms with Crippen LogP contribution in [-0.2, 0) is 14.3 Å². The van der Waals surface area contributed by atoms with Gasteiger partial charge in [0.15, 0.2) is 0 Å². The fourth-order valence-electron chi connectivity index (χ4n) is 2.09. The molecule has 0 amide bonds. The lowest BCUT2D eigenvalue weighted by atomic mass is 9.87. The molecule has 2 N–H and O–H groups in total. The molecule has 0 saturated heterocycles. The smallest absolute Gasteiger partial charge is 0.338 e. The Morgan fingerprint density at radius 3 is 2.90 bits per heavy atom. The van der Waals surface area contributed by atoms with Gasteiger partial charge in [0.05, 0.1) is 30.2 Å². The zero-order valence-corrected chi connectivity index (χ0v) is 12.0. The Morgan fingerprint density at radius 2 is 2.38 bits per heavy atom. The summed E-state index contributed by atoms with van der Waals surface area (Å²) < 4.78 is 15.6. The summed E-state index contributed by atoms with van der Waals surface area (Å²) in [5.41, 5.74) is 5.95. The van der Waals surface area contributed by atoms with Gasteiger partial charge < -0.3 is 19.6 Å². The van der Waals surface area contributed by atoms with Gasteiger partial charge in [-0.05, 0) is 19.1 Å². The van der Waals surface area contributed by atoms with Gasteiger partial charge >= 0.3 is 5.97 Å². The predicted molar refractivity (Wildman–Crippen MR) is 73.7 cm³/mol. The molecule has 2 rings (SSSR count). The normalized spacial score (nSPS) is 18.2. The topological polar surface area (TPSA) is 98.5 Å². The summed E-state index contributed by atoms with van der Waals surface area (Å²) in [5.74, 6) is -1.02. The van der Waals surface area contributed by atoms with Crippen LogP contribution in [0.15, 0.2) is 45.6 Å². The van der Waals surface area contributed by atoms with Gasteiger partial charge in [0.25, 0.3) is 0 Å². The summed E-state index contributed by atoms with van der Waals surface area (Å²) in [4.78, 5) is 12.2. The molecule has 2 heterocycles. The number of allylic oxidation sites excluding steroid dienone is 2. The number of nitrogens with zero attached hydrogens (tertiary/aromatic N) is 1. The van der Waals surface area contributed by atoms with Crippen molar-refractivity contribution >= 4 is 17.6 Å². The molecule has 0 spiro atoms. The largest absolute Gasteiger partial charge is 0.468 e. The second-order valence-electron chi connectivity index (χ2n) is 4.13. The van der Waals surface area contributed by atoms with Crippen molar-refractivity contribution < 1.29 is 18.7 Å². The molecule has 7 heteroatoms. The molecule has 0 aliphatic carbocycles. The van der Waals surface area contributed by atoms with Crippen LogP contribution < -0.4 is 5.73 Å². The van der Waals surface area contributed by atoms with Gasteiger partial charge in [-0.15, -0.1) is 11.6 Å². The molecule has 0 unspecified atom stereocenters. The third-order valence-corrected chi connectivity index (χ3v) is 3.18. The first-order valence-corrected chi connectivity index (χ1v) is 6.74. The number of nitrogens with two attached hydrogens (primary N) is 1. The number of hydrogen-bond donors (Lipinski definition) is 1. The van der Waals surface area contributed by atoms with Crippen LogP contribution in [0.3, 0.4) is 0 Å². The molecule has 21 heavy (non-hydrogen) atoms. The molecule has 1 aliphatic heterocycles. The van der Waals surface area contributed by atoms with Crippen molar-refractivity contribution in [1.29, 1.82) is 5.26 Å². The minimum Gasteiger partial charge on any atom is -0.468 e. The van der Waals surface area contributed by atoms with E-state index in [1.54, 1.807) is 19.1 Å². The average Bonchev–Trinajstić information content (AvgIpc) is 2.99. The summed E-state index contributed by atoms with van der Waals surface area (Å²) in [7, 11) is 0. The molecule has 6 nitrogen and oxygen atoms in total. The number of esters is 1. The molecule has 1 aromatic heterocycles. The third-order valence-electron chi connectivity index (χ3n) is 2.94. The number of halogens is 1. The van der Waals surface area contributed by atoms with E-state index in [-0.39, 0.29) is 35.3 Å². The van der Waals surface area contributed by atoms with Gasteiger partial charge in [-0.1, -0.05) is 0 Å². The molecule has 0 aromatic carbocycles. The second-order valence-corrected chi connectivity index (χ2v) is 4.40. The van der Waals surface area contributed by atoms with E-state index in [0.29, 0.717) is 5.76 Å². The lowest BCUT2D eigenvalue weighted by Gasteiger charge is -2.25. The Labute approximate surface area is 126 Å². The van der Waals surface area contributed by atoms with Crippen LogP contribution in [-0.4, -0.2) is 18.5 Å².